The Morgan fingerprint density at radius 2 is 1.89 bits per heavy atom. The quantitative estimate of drug-likeness (QED) is 0.475. The van der Waals surface area contributed by atoms with Crippen LogP contribution in [-0.4, -0.2) is 22.6 Å². The predicted molar refractivity (Wildman–Crippen MR) is 98.9 cm³/mol. The Morgan fingerprint density at radius 1 is 1.07 bits per heavy atom. The normalized spacial score (nSPS) is 11.3. The van der Waals surface area contributed by atoms with Crippen LogP contribution < -0.4 is 10.1 Å². The highest BCUT2D eigenvalue weighted by Gasteiger charge is 2.14. The van der Waals surface area contributed by atoms with E-state index in [2.05, 4.69) is 15.3 Å². The van der Waals surface area contributed by atoms with Crippen molar-refractivity contribution < 1.29 is 22.7 Å². The number of aromatic amines is 2. The molecule has 2 aromatic heterocycles. The third kappa shape index (κ3) is 3.40. The Balaban J connectivity index is 1.41. The van der Waals surface area contributed by atoms with E-state index in [0.717, 1.165) is 11.6 Å². The molecule has 1 amide bonds. The van der Waals surface area contributed by atoms with Crippen molar-refractivity contribution in [3.63, 3.8) is 0 Å². The molecule has 4 rings (SSSR count). The Hall–Kier alpha value is -3.42. The molecule has 0 spiro atoms. The first-order chi connectivity index (χ1) is 13.4. The minimum atomic E-state index is -0.693. The van der Waals surface area contributed by atoms with E-state index < -0.39 is 17.7 Å². The molecular formula is C20H16F3N3O2. The molecule has 28 heavy (non-hydrogen) atoms. The highest BCUT2D eigenvalue weighted by molar-refractivity contribution is 5.85. The van der Waals surface area contributed by atoms with Crippen LogP contribution in [0.4, 0.5) is 18.0 Å². The summed E-state index contributed by atoms with van der Waals surface area (Å²) in [5, 5.41) is 3.62. The summed E-state index contributed by atoms with van der Waals surface area (Å²) in [5.74, 6) is -1.52. The van der Waals surface area contributed by atoms with Gasteiger partial charge in [0.2, 0.25) is 5.88 Å². The monoisotopic (exact) mass is 387 g/mol. The number of fused-ring (bicyclic) bond motifs is 2. The van der Waals surface area contributed by atoms with Crippen LogP contribution >= 0.6 is 0 Å². The molecule has 0 aliphatic rings. The molecule has 144 valence electrons. The molecule has 0 atom stereocenters. The van der Waals surface area contributed by atoms with Gasteiger partial charge in [-0.05, 0) is 43.2 Å². The minimum Gasteiger partial charge on any atom is -0.393 e. The highest BCUT2D eigenvalue weighted by atomic mass is 19.1. The molecule has 8 heteroatoms. The first kappa shape index (κ1) is 18.0. The van der Waals surface area contributed by atoms with Crippen LogP contribution in [0.15, 0.2) is 36.4 Å². The van der Waals surface area contributed by atoms with Crippen molar-refractivity contribution in [3.8, 4) is 5.88 Å². The van der Waals surface area contributed by atoms with Crippen LogP contribution in [-0.2, 0) is 6.42 Å². The summed E-state index contributed by atoms with van der Waals surface area (Å²) < 4.78 is 45.8. The number of aromatic nitrogens is 2. The van der Waals surface area contributed by atoms with Gasteiger partial charge >= 0.3 is 6.09 Å². The second-order valence-corrected chi connectivity index (χ2v) is 6.47. The fourth-order valence-electron chi connectivity index (χ4n) is 3.28. The molecule has 0 radical (unpaired) electrons. The Bertz CT molecular complexity index is 1200. The zero-order chi connectivity index (χ0) is 19.8. The van der Waals surface area contributed by atoms with Crippen LogP contribution in [0.1, 0.15) is 11.3 Å². The lowest BCUT2D eigenvalue weighted by Crippen LogP contribution is -2.28. The van der Waals surface area contributed by atoms with Gasteiger partial charge in [-0.15, -0.1) is 0 Å². The van der Waals surface area contributed by atoms with Crippen LogP contribution in [0.25, 0.3) is 21.8 Å². The molecular weight excluding hydrogens is 371 g/mol. The zero-order valence-electron chi connectivity index (χ0n) is 14.8. The predicted octanol–water partition coefficient (Wildman–Crippen LogP) is 4.71. The van der Waals surface area contributed by atoms with E-state index in [0.29, 0.717) is 28.4 Å². The largest absolute Gasteiger partial charge is 0.413 e. The number of halogens is 3. The maximum atomic E-state index is 13.9. The number of nitrogens with one attached hydrogen (secondary N) is 3. The number of H-pyrrole nitrogens is 2. The van der Waals surface area contributed by atoms with Crippen molar-refractivity contribution in [2.45, 2.75) is 13.3 Å². The highest BCUT2D eigenvalue weighted by Crippen LogP contribution is 2.26. The minimum absolute atomic E-state index is 0.186. The summed E-state index contributed by atoms with van der Waals surface area (Å²) in [6.45, 7) is 1.97. The third-order valence-corrected chi connectivity index (χ3v) is 4.55. The van der Waals surface area contributed by atoms with Crippen LogP contribution in [0.2, 0.25) is 0 Å². The SMILES string of the molecule is Cc1[nH]c2c(F)cc(F)cc2c1CCNC(=O)Oc1cc2cc(F)ccc2[nH]1. The molecule has 0 bridgehead atoms. The van der Waals surface area contributed by atoms with E-state index in [4.69, 9.17) is 4.74 Å². The van der Waals surface area contributed by atoms with Crippen molar-refractivity contribution in [3.05, 3.63) is 65.1 Å². The molecule has 0 aliphatic heterocycles. The fraction of sp³-hybridized carbons (Fsp3) is 0.150. The Kier molecular flexibility index (Phi) is 4.46. The van der Waals surface area contributed by atoms with Gasteiger partial charge < -0.3 is 20.0 Å². The summed E-state index contributed by atoms with van der Waals surface area (Å²) in [4.78, 5) is 17.8. The van der Waals surface area contributed by atoms with E-state index in [1.807, 2.05) is 0 Å². The number of amides is 1. The van der Waals surface area contributed by atoms with Gasteiger partial charge in [-0.25, -0.2) is 18.0 Å². The lowest BCUT2D eigenvalue weighted by molar-refractivity contribution is 0.199. The standard InChI is InChI=1S/C20H16F3N3O2/c1-10-14(15-8-13(22)9-16(23)19(15)25-10)4-5-24-20(27)28-18-7-11-6-12(21)2-3-17(11)26-18/h2-3,6-9,25-26H,4-5H2,1H3,(H,24,27). The van der Waals surface area contributed by atoms with Gasteiger partial charge in [0.15, 0.2) is 0 Å². The Morgan fingerprint density at radius 3 is 2.71 bits per heavy atom. The number of aryl methyl sites for hydroxylation is 1. The number of hydrogen-bond acceptors (Lipinski definition) is 2. The third-order valence-electron chi connectivity index (χ3n) is 4.55. The first-order valence-electron chi connectivity index (χ1n) is 8.61. The molecule has 0 unspecified atom stereocenters. The molecule has 2 heterocycles. The van der Waals surface area contributed by atoms with E-state index in [9.17, 15) is 18.0 Å². The van der Waals surface area contributed by atoms with E-state index >= 15 is 0 Å². The number of benzene rings is 2. The second-order valence-electron chi connectivity index (χ2n) is 6.47. The van der Waals surface area contributed by atoms with Gasteiger partial charge in [0, 0.05) is 40.7 Å². The number of rotatable bonds is 4. The van der Waals surface area contributed by atoms with Crippen molar-refractivity contribution >= 4 is 27.9 Å². The first-order valence-corrected chi connectivity index (χ1v) is 8.61. The van der Waals surface area contributed by atoms with Gasteiger partial charge in [0.05, 0.1) is 5.52 Å². The number of hydrogen-bond donors (Lipinski definition) is 3. The lowest BCUT2D eigenvalue weighted by atomic mass is 10.1. The molecule has 3 N–H and O–H groups in total. The van der Waals surface area contributed by atoms with E-state index in [1.165, 1.54) is 24.3 Å². The van der Waals surface area contributed by atoms with Crippen molar-refractivity contribution in [1.82, 2.24) is 15.3 Å². The molecule has 2 aromatic carbocycles. The topological polar surface area (TPSA) is 69.9 Å². The number of carbonyl (C=O) groups excluding carboxylic acids is 1. The summed E-state index contributed by atoms with van der Waals surface area (Å²) >= 11 is 0. The van der Waals surface area contributed by atoms with Crippen molar-refractivity contribution in [1.29, 1.82) is 0 Å². The van der Waals surface area contributed by atoms with Gasteiger partial charge in [0.25, 0.3) is 0 Å². The number of ether oxygens (including phenoxy) is 1. The Labute approximate surface area is 157 Å². The maximum Gasteiger partial charge on any atom is 0.413 e. The van der Waals surface area contributed by atoms with E-state index in [1.54, 1.807) is 13.0 Å². The fourth-order valence-corrected chi connectivity index (χ4v) is 3.28. The van der Waals surface area contributed by atoms with Gasteiger partial charge in [-0.2, -0.15) is 0 Å². The van der Waals surface area contributed by atoms with Crippen LogP contribution in [0.5, 0.6) is 5.88 Å². The van der Waals surface area contributed by atoms with Gasteiger partial charge in [0.1, 0.15) is 17.5 Å². The average Bonchev–Trinajstić information content (AvgIpc) is 3.15. The van der Waals surface area contributed by atoms with Crippen LogP contribution in [0.3, 0.4) is 0 Å². The number of carbonyl (C=O) groups is 1. The summed E-state index contributed by atoms with van der Waals surface area (Å²) in [5.41, 5.74) is 2.30. The smallest absolute Gasteiger partial charge is 0.393 e. The van der Waals surface area contributed by atoms with Gasteiger partial charge in [-0.1, -0.05) is 0 Å². The summed E-state index contributed by atoms with van der Waals surface area (Å²) in [6.07, 6.45) is -0.330. The molecule has 0 fully saturated rings. The van der Waals surface area contributed by atoms with Crippen molar-refractivity contribution in [2.75, 3.05) is 6.54 Å². The summed E-state index contributed by atoms with van der Waals surface area (Å²) in [6, 6.07) is 7.79. The average molecular weight is 387 g/mol. The van der Waals surface area contributed by atoms with Crippen molar-refractivity contribution in [2.24, 2.45) is 0 Å². The molecule has 0 aliphatic carbocycles. The molecule has 0 saturated heterocycles. The molecule has 4 aromatic rings. The maximum absolute atomic E-state index is 13.9. The van der Waals surface area contributed by atoms with Crippen LogP contribution in [0, 0.1) is 24.4 Å². The van der Waals surface area contributed by atoms with Gasteiger partial charge in [-0.3, -0.25) is 0 Å². The van der Waals surface area contributed by atoms with E-state index in [-0.39, 0.29) is 23.8 Å². The molecule has 5 nitrogen and oxygen atoms in total. The zero-order valence-corrected chi connectivity index (χ0v) is 14.8. The molecule has 0 saturated carbocycles. The second kappa shape index (κ2) is 6.95. The summed E-state index contributed by atoms with van der Waals surface area (Å²) in [7, 11) is 0. The lowest BCUT2D eigenvalue weighted by Gasteiger charge is -2.06.